The Labute approximate surface area is 97.9 Å². The van der Waals surface area contributed by atoms with E-state index in [4.69, 9.17) is 0 Å². The molecule has 0 aliphatic carbocycles. The van der Waals surface area contributed by atoms with Crippen LogP contribution in [0.25, 0.3) is 0 Å². The van der Waals surface area contributed by atoms with Crippen molar-refractivity contribution >= 4 is 32.2 Å². The van der Waals surface area contributed by atoms with Crippen molar-refractivity contribution in [2.24, 2.45) is 0 Å². The van der Waals surface area contributed by atoms with E-state index in [1.165, 1.54) is 0 Å². The SMILES string of the molecule is CS(=O)(=O)OCC(=O)OC(=O)COS(C)(=O)=O. The van der Waals surface area contributed by atoms with E-state index in [0.29, 0.717) is 12.5 Å². The molecule has 9 nitrogen and oxygen atoms in total. The summed E-state index contributed by atoms with van der Waals surface area (Å²) < 4.78 is 53.9. The van der Waals surface area contributed by atoms with Gasteiger partial charge >= 0.3 is 11.9 Å². The Hall–Kier alpha value is -1.04. The number of hydrogen-bond acceptors (Lipinski definition) is 9. The van der Waals surface area contributed by atoms with Gasteiger partial charge in [0, 0.05) is 0 Å². The molecule has 0 N–H and O–H groups in total. The smallest absolute Gasteiger partial charge is 0.341 e. The zero-order valence-electron chi connectivity index (χ0n) is 8.90. The molecular weight excluding hydrogens is 280 g/mol. The van der Waals surface area contributed by atoms with Gasteiger partial charge in [-0.05, 0) is 0 Å². The fourth-order valence-corrected chi connectivity index (χ4v) is 1.12. The maximum Gasteiger partial charge on any atom is 0.341 e. The summed E-state index contributed by atoms with van der Waals surface area (Å²) in [5.74, 6) is -2.56. The fraction of sp³-hybridized carbons (Fsp3) is 0.667. The number of carbonyl (C=O) groups is 2. The van der Waals surface area contributed by atoms with Gasteiger partial charge < -0.3 is 4.74 Å². The lowest BCUT2D eigenvalue weighted by Crippen LogP contribution is -2.23. The van der Waals surface area contributed by atoms with Crippen molar-refractivity contribution in [2.45, 2.75) is 0 Å². The van der Waals surface area contributed by atoms with Crippen LogP contribution in [0.2, 0.25) is 0 Å². The van der Waals surface area contributed by atoms with E-state index >= 15 is 0 Å². The normalized spacial score (nSPS) is 12.1. The minimum atomic E-state index is -3.83. The maximum atomic E-state index is 10.8. The van der Waals surface area contributed by atoms with Gasteiger partial charge in [0.1, 0.15) is 0 Å². The summed E-state index contributed by atoms with van der Waals surface area (Å²) in [4.78, 5) is 21.6. The lowest BCUT2D eigenvalue weighted by molar-refractivity contribution is -0.162. The Morgan fingerprint density at radius 1 is 0.824 bits per heavy atom. The van der Waals surface area contributed by atoms with Gasteiger partial charge in [-0.25, -0.2) is 9.59 Å². The summed E-state index contributed by atoms with van der Waals surface area (Å²) >= 11 is 0. The molecule has 0 radical (unpaired) electrons. The van der Waals surface area contributed by atoms with Crippen LogP contribution >= 0.6 is 0 Å². The Morgan fingerprint density at radius 3 is 1.35 bits per heavy atom. The van der Waals surface area contributed by atoms with E-state index in [0.717, 1.165) is 0 Å². The highest BCUT2D eigenvalue weighted by molar-refractivity contribution is 7.86. The van der Waals surface area contributed by atoms with E-state index in [9.17, 15) is 26.4 Å². The lowest BCUT2D eigenvalue weighted by atomic mass is 10.7. The summed E-state index contributed by atoms with van der Waals surface area (Å²) in [6.07, 6.45) is 1.41. The first-order valence-corrected chi connectivity index (χ1v) is 7.55. The largest absolute Gasteiger partial charge is 0.390 e. The van der Waals surface area contributed by atoms with Crippen molar-refractivity contribution in [3.8, 4) is 0 Å². The van der Waals surface area contributed by atoms with Crippen LogP contribution < -0.4 is 0 Å². The van der Waals surface area contributed by atoms with Gasteiger partial charge in [0.25, 0.3) is 20.2 Å². The molecule has 0 rings (SSSR count). The molecule has 11 heteroatoms. The van der Waals surface area contributed by atoms with Crippen molar-refractivity contribution in [1.29, 1.82) is 0 Å². The molecule has 0 aromatic rings. The summed E-state index contributed by atoms with van der Waals surface area (Å²) in [5, 5.41) is 0. The van der Waals surface area contributed by atoms with E-state index in [1.807, 2.05) is 0 Å². The zero-order chi connectivity index (χ0) is 13.7. The van der Waals surface area contributed by atoms with Crippen LogP contribution in [0.15, 0.2) is 0 Å². The Balaban J connectivity index is 4.02. The summed E-state index contributed by atoms with van der Waals surface area (Å²) in [6, 6.07) is 0. The third kappa shape index (κ3) is 11.2. The Kier molecular flexibility index (Phi) is 5.68. The van der Waals surface area contributed by atoms with Crippen LogP contribution in [0.1, 0.15) is 0 Å². The van der Waals surface area contributed by atoms with E-state index < -0.39 is 45.4 Å². The van der Waals surface area contributed by atoms with Crippen LogP contribution in [0.3, 0.4) is 0 Å². The second kappa shape index (κ2) is 6.05. The molecule has 0 aromatic heterocycles. The lowest BCUT2D eigenvalue weighted by Gasteiger charge is -2.02. The van der Waals surface area contributed by atoms with Gasteiger partial charge in [-0.2, -0.15) is 16.8 Å². The van der Waals surface area contributed by atoms with Crippen LogP contribution in [0.4, 0.5) is 0 Å². The van der Waals surface area contributed by atoms with Crippen molar-refractivity contribution in [3.63, 3.8) is 0 Å². The summed E-state index contributed by atoms with van der Waals surface area (Å²) in [6.45, 7) is -1.97. The van der Waals surface area contributed by atoms with Crippen LogP contribution in [-0.2, 0) is 42.9 Å². The highest BCUT2D eigenvalue weighted by Gasteiger charge is 2.15. The average Bonchev–Trinajstić information content (AvgIpc) is 2.09. The van der Waals surface area contributed by atoms with Gasteiger partial charge in [-0.15, -0.1) is 0 Å². The van der Waals surface area contributed by atoms with Gasteiger partial charge in [0.05, 0.1) is 12.5 Å². The molecule has 0 aromatic carbocycles. The Morgan fingerprint density at radius 2 is 1.12 bits per heavy atom. The molecule has 0 saturated carbocycles. The predicted octanol–water partition coefficient (Wildman–Crippen LogP) is -1.99. The highest BCUT2D eigenvalue weighted by Crippen LogP contribution is 1.92. The van der Waals surface area contributed by atoms with Crippen LogP contribution in [0.5, 0.6) is 0 Å². The molecule has 0 amide bonds. The molecule has 17 heavy (non-hydrogen) atoms. The highest BCUT2D eigenvalue weighted by atomic mass is 32.2. The van der Waals surface area contributed by atoms with Gasteiger partial charge in [0.15, 0.2) is 13.2 Å². The topological polar surface area (TPSA) is 130 Å². The number of carbonyl (C=O) groups excluding carboxylic acids is 2. The van der Waals surface area contributed by atoms with E-state index in [1.54, 1.807) is 0 Å². The maximum absolute atomic E-state index is 10.8. The van der Waals surface area contributed by atoms with Crippen molar-refractivity contribution in [1.82, 2.24) is 0 Å². The van der Waals surface area contributed by atoms with Crippen molar-refractivity contribution in [2.75, 3.05) is 25.7 Å². The monoisotopic (exact) mass is 290 g/mol. The molecule has 0 aliphatic heterocycles. The first-order chi connectivity index (χ1) is 7.49. The summed E-state index contributed by atoms with van der Waals surface area (Å²) in [5.41, 5.74) is 0. The quantitative estimate of drug-likeness (QED) is 0.310. The minimum Gasteiger partial charge on any atom is -0.390 e. The molecule has 0 spiro atoms. The van der Waals surface area contributed by atoms with E-state index in [-0.39, 0.29) is 0 Å². The van der Waals surface area contributed by atoms with Gasteiger partial charge in [-0.3, -0.25) is 8.37 Å². The van der Waals surface area contributed by atoms with Crippen LogP contribution in [0, 0.1) is 0 Å². The second-order valence-electron chi connectivity index (χ2n) is 2.78. The minimum absolute atomic E-state index is 0.703. The number of ether oxygens (including phenoxy) is 1. The summed E-state index contributed by atoms with van der Waals surface area (Å²) in [7, 11) is -7.66. The van der Waals surface area contributed by atoms with Gasteiger partial charge in [0.2, 0.25) is 0 Å². The third-order valence-corrected chi connectivity index (χ3v) is 2.10. The molecule has 0 saturated heterocycles. The van der Waals surface area contributed by atoms with Gasteiger partial charge in [-0.1, -0.05) is 0 Å². The van der Waals surface area contributed by atoms with Crippen molar-refractivity contribution in [3.05, 3.63) is 0 Å². The third-order valence-electron chi connectivity index (χ3n) is 1.01. The zero-order valence-corrected chi connectivity index (χ0v) is 10.5. The molecule has 100 valence electrons. The molecule has 0 fully saturated rings. The standard InChI is InChI=1S/C6H10O9S2/c1-16(9,10)13-3-5(7)15-6(8)4-14-17(2,11)12/h3-4H2,1-2H3. The predicted molar refractivity (Wildman–Crippen MR) is 52.7 cm³/mol. The Bertz CT molecular complexity index is 440. The molecule has 0 atom stereocenters. The first-order valence-electron chi connectivity index (χ1n) is 3.92. The van der Waals surface area contributed by atoms with E-state index in [2.05, 4.69) is 13.1 Å². The number of rotatable bonds is 6. The molecule has 0 unspecified atom stereocenters. The number of hydrogen-bond donors (Lipinski definition) is 0. The number of esters is 2. The second-order valence-corrected chi connectivity index (χ2v) is 6.07. The van der Waals surface area contributed by atoms with Crippen LogP contribution in [-0.4, -0.2) is 54.5 Å². The molecule has 0 heterocycles. The molecule has 0 aliphatic rings. The molecular formula is C6H10O9S2. The fourth-order valence-electron chi connectivity index (χ4n) is 0.496. The average molecular weight is 290 g/mol. The first kappa shape index (κ1) is 16.0. The van der Waals surface area contributed by atoms with Crippen molar-refractivity contribution < 1.29 is 39.5 Å². The molecule has 0 bridgehead atoms.